The number of rotatable bonds is 4. The van der Waals surface area contributed by atoms with Crippen LogP contribution in [0.25, 0.3) is 0 Å². The van der Waals surface area contributed by atoms with Gasteiger partial charge in [0.15, 0.2) is 0 Å². The van der Waals surface area contributed by atoms with Crippen LogP contribution in [-0.2, 0) is 4.79 Å². The second-order valence-corrected chi connectivity index (χ2v) is 8.25. The molecule has 1 aromatic carbocycles. The summed E-state index contributed by atoms with van der Waals surface area (Å²) < 4.78 is 5.35. The molecule has 28 heavy (non-hydrogen) atoms. The molecule has 0 aromatic heterocycles. The van der Waals surface area contributed by atoms with Crippen LogP contribution in [-0.4, -0.2) is 55.0 Å². The zero-order valence-electron chi connectivity index (χ0n) is 16.8. The molecule has 4 rings (SSSR count). The highest BCUT2D eigenvalue weighted by Crippen LogP contribution is 2.48. The molecule has 1 amide bonds. The molecule has 3 fully saturated rings. The fraction of sp³-hybridized carbons (Fsp3) is 0.667. The number of halogens is 2. The molecule has 158 valence electrons. The average molecular weight is 430 g/mol. The van der Waals surface area contributed by atoms with Crippen LogP contribution in [0.4, 0.5) is 0 Å². The third kappa shape index (κ3) is 4.28. The van der Waals surface area contributed by atoms with Crippen molar-refractivity contribution in [1.29, 1.82) is 0 Å². The molecule has 1 saturated heterocycles. The SMILES string of the molecule is COc1cccc(C(C)N2CCN(C(=O)C3C4CCC(C4)C3N)CC2)c1.Cl.Cl. The van der Waals surface area contributed by atoms with Crippen molar-refractivity contribution in [2.75, 3.05) is 33.3 Å². The average Bonchev–Trinajstić information content (AvgIpc) is 3.28. The predicted octanol–water partition coefficient (Wildman–Crippen LogP) is 3.12. The van der Waals surface area contributed by atoms with E-state index in [0.717, 1.165) is 31.9 Å². The van der Waals surface area contributed by atoms with E-state index in [-0.39, 0.29) is 36.8 Å². The smallest absolute Gasteiger partial charge is 0.227 e. The van der Waals surface area contributed by atoms with Gasteiger partial charge in [-0.05, 0) is 55.7 Å². The van der Waals surface area contributed by atoms with Crippen LogP contribution in [0, 0.1) is 17.8 Å². The van der Waals surface area contributed by atoms with Gasteiger partial charge in [0.25, 0.3) is 0 Å². The van der Waals surface area contributed by atoms with Crippen molar-refractivity contribution in [2.45, 2.75) is 38.3 Å². The van der Waals surface area contributed by atoms with E-state index in [9.17, 15) is 4.79 Å². The lowest BCUT2D eigenvalue weighted by Gasteiger charge is -2.40. The van der Waals surface area contributed by atoms with Gasteiger partial charge in [0, 0.05) is 38.3 Å². The Kier molecular flexibility index (Phi) is 8.03. The van der Waals surface area contributed by atoms with Crippen molar-refractivity contribution in [3.63, 3.8) is 0 Å². The van der Waals surface area contributed by atoms with E-state index >= 15 is 0 Å². The molecule has 1 aromatic rings. The third-order valence-electron chi connectivity index (χ3n) is 7.02. The van der Waals surface area contributed by atoms with E-state index < -0.39 is 0 Å². The molecule has 1 heterocycles. The number of methoxy groups -OCH3 is 1. The van der Waals surface area contributed by atoms with E-state index in [2.05, 4.69) is 28.9 Å². The maximum atomic E-state index is 13.0. The maximum absolute atomic E-state index is 13.0. The van der Waals surface area contributed by atoms with Crippen molar-refractivity contribution in [3.05, 3.63) is 29.8 Å². The summed E-state index contributed by atoms with van der Waals surface area (Å²) in [6, 6.07) is 8.70. The maximum Gasteiger partial charge on any atom is 0.227 e. The molecule has 3 aliphatic rings. The zero-order chi connectivity index (χ0) is 18.3. The standard InChI is InChI=1S/C21H31N3O2.2ClH/c1-14(15-4-3-5-18(13-15)26-2)23-8-10-24(11-9-23)21(25)19-16-6-7-17(12-16)20(19)22;;/h3-5,13-14,16-17,19-20H,6-12,22H2,1-2H3;2*1H. The monoisotopic (exact) mass is 429 g/mol. The van der Waals surface area contributed by atoms with Gasteiger partial charge in [0.1, 0.15) is 5.75 Å². The van der Waals surface area contributed by atoms with E-state index in [0.29, 0.717) is 23.8 Å². The van der Waals surface area contributed by atoms with E-state index in [1.807, 2.05) is 12.1 Å². The highest BCUT2D eigenvalue weighted by Gasteiger charge is 2.50. The number of carbonyl (C=O) groups excluding carboxylic acids is 1. The number of ether oxygens (including phenoxy) is 1. The number of hydrogen-bond donors (Lipinski definition) is 1. The summed E-state index contributed by atoms with van der Waals surface area (Å²) in [5, 5.41) is 0. The number of hydrogen-bond acceptors (Lipinski definition) is 4. The van der Waals surface area contributed by atoms with Crippen LogP contribution < -0.4 is 10.5 Å². The lowest BCUT2D eigenvalue weighted by Crippen LogP contribution is -2.54. The van der Waals surface area contributed by atoms with Crippen LogP contribution in [0.1, 0.15) is 37.8 Å². The second kappa shape index (κ2) is 9.66. The molecule has 2 aliphatic carbocycles. The fourth-order valence-electron chi connectivity index (χ4n) is 5.35. The molecule has 2 saturated carbocycles. The van der Waals surface area contributed by atoms with Crippen molar-refractivity contribution in [1.82, 2.24) is 9.80 Å². The first-order valence-corrected chi connectivity index (χ1v) is 10.0. The Bertz CT molecular complexity index is 665. The highest BCUT2D eigenvalue weighted by atomic mass is 35.5. The molecular weight excluding hydrogens is 397 g/mol. The highest BCUT2D eigenvalue weighted by molar-refractivity contribution is 5.85. The Morgan fingerprint density at radius 1 is 1.14 bits per heavy atom. The fourth-order valence-corrected chi connectivity index (χ4v) is 5.35. The summed E-state index contributed by atoms with van der Waals surface area (Å²) in [6.45, 7) is 5.69. The molecule has 0 radical (unpaired) electrons. The quantitative estimate of drug-likeness (QED) is 0.798. The van der Waals surface area contributed by atoms with Crippen LogP contribution in [0.3, 0.4) is 0 Å². The van der Waals surface area contributed by atoms with Crippen molar-refractivity contribution in [2.24, 2.45) is 23.5 Å². The number of amides is 1. The minimum atomic E-state index is 0. The van der Waals surface area contributed by atoms with E-state index in [4.69, 9.17) is 10.5 Å². The van der Waals surface area contributed by atoms with Gasteiger partial charge in [-0.1, -0.05) is 12.1 Å². The lowest BCUT2D eigenvalue weighted by atomic mass is 9.84. The zero-order valence-corrected chi connectivity index (χ0v) is 18.4. The normalized spacial score (nSPS) is 30.3. The van der Waals surface area contributed by atoms with Crippen molar-refractivity contribution in [3.8, 4) is 5.75 Å². The summed E-state index contributed by atoms with van der Waals surface area (Å²) in [4.78, 5) is 17.6. The molecule has 1 aliphatic heterocycles. The van der Waals surface area contributed by atoms with Gasteiger partial charge in [-0.3, -0.25) is 9.69 Å². The second-order valence-electron chi connectivity index (χ2n) is 8.25. The Morgan fingerprint density at radius 3 is 2.43 bits per heavy atom. The largest absolute Gasteiger partial charge is 0.497 e. The predicted molar refractivity (Wildman–Crippen MR) is 116 cm³/mol. The molecule has 5 atom stereocenters. The summed E-state index contributed by atoms with van der Waals surface area (Å²) in [5.41, 5.74) is 7.64. The molecule has 7 heteroatoms. The number of fused-ring (bicyclic) bond motifs is 2. The molecule has 5 nitrogen and oxygen atoms in total. The minimum absolute atomic E-state index is 0. The van der Waals surface area contributed by atoms with Gasteiger partial charge in [-0.2, -0.15) is 0 Å². The summed E-state index contributed by atoms with van der Waals surface area (Å²) in [7, 11) is 1.70. The van der Waals surface area contributed by atoms with Crippen molar-refractivity contribution >= 4 is 30.7 Å². The number of nitrogens with zero attached hydrogens (tertiary/aromatic N) is 2. The van der Waals surface area contributed by atoms with E-state index in [1.54, 1.807) is 7.11 Å². The first-order valence-electron chi connectivity index (χ1n) is 10.0. The minimum Gasteiger partial charge on any atom is -0.497 e. The van der Waals surface area contributed by atoms with Crippen LogP contribution in [0.5, 0.6) is 5.75 Å². The number of nitrogens with two attached hydrogens (primary N) is 1. The number of carbonyl (C=O) groups is 1. The first-order chi connectivity index (χ1) is 12.6. The molecule has 5 unspecified atom stereocenters. The van der Waals surface area contributed by atoms with E-state index in [1.165, 1.54) is 24.8 Å². The number of piperazine rings is 1. The number of benzene rings is 1. The summed E-state index contributed by atoms with van der Waals surface area (Å²) >= 11 is 0. The Morgan fingerprint density at radius 2 is 1.82 bits per heavy atom. The molecule has 0 spiro atoms. The van der Waals surface area contributed by atoms with Gasteiger partial charge < -0.3 is 15.4 Å². The lowest BCUT2D eigenvalue weighted by molar-refractivity contribution is -0.139. The van der Waals surface area contributed by atoms with Gasteiger partial charge in [0.2, 0.25) is 5.91 Å². The van der Waals surface area contributed by atoms with Crippen LogP contribution in [0.2, 0.25) is 0 Å². The van der Waals surface area contributed by atoms with Gasteiger partial charge in [-0.15, -0.1) is 24.8 Å². The van der Waals surface area contributed by atoms with Crippen LogP contribution >= 0.6 is 24.8 Å². The summed E-state index contributed by atoms with van der Waals surface area (Å²) in [6.07, 6.45) is 3.59. The molecule has 2 N–H and O–H groups in total. The molecule has 2 bridgehead atoms. The van der Waals surface area contributed by atoms with Crippen LogP contribution in [0.15, 0.2) is 24.3 Å². The van der Waals surface area contributed by atoms with Gasteiger partial charge in [-0.25, -0.2) is 0 Å². The summed E-state index contributed by atoms with van der Waals surface area (Å²) in [5.74, 6) is 2.42. The molecular formula is C21H33Cl2N3O2. The van der Waals surface area contributed by atoms with Gasteiger partial charge in [0.05, 0.1) is 13.0 Å². The van der Waals surface area contributed by atoms with Gasteiger partial charge >= 0.3 is 0 Å². The topological polar surface area (TPSA) is 58.8 Å². The third-order valence-corrected chi connectivity index (χ3v) is 7.02. The van der Waals surface area contributed by atoms with Crippen molar-refractivity contribution < 1.29 is 9.53 Å². The first kappa shape index (κ1) is 23.3. The Hall–Kier alpha value is -1.01. The Labute approximate surface area is 180 Å². The Balaban J connectivity index is 0.00000140.